The molecular formula is C9H8NNaO3. The molecule has 1 aromatic carbocycles. The van der Waals surface area contributed by atoms with Gasteiger partial charge in [0.15, 0.2) is 0 Å². The molecule has 0 spiro atoms. The zero-order valence-electron chi connectivity index (χ0n) is 7.84. The summed E-state index contributed by atoms with van der Waals surface area (Å²) in [5.74, 6) is 0.991. The van der Waals surface area contributed by atoms with Gasteiger partial charge in [-0.05, 0) is 12.1 Å². The third-order valence-electron chi connectivity index (χ3n) is 1.55. The molecule has 0 saturated carbocycles. The molecule has 5 heteroatoms. The normalized spacial score (nSPS) is 10.9. The van der Waals surface area contributed by atoms with Crippen LogP contribution in [-0.4, -0.2) is 6.61 Å². The quantitative estimate of drug-likeness (QED) is 0.318. The summed E-state index contributed by atoms with van der Waals surface area (Å²) >= 11 is 0. The minimum atomic E-state index is 0. The van der Waals surface area contributed by atoms with E-state index in [-0.39, 0.29) is 29.6 Å². The van der Waals surface area contributed by atoms with E-state index in [9.17, 15) is 0 Å². The Morgan fingerprint density at radius 1 is 1.36 bits per heavy atom. The van der Waals surface area contributed by atoms with E-state index in [1.54, 1.807) is 0 Å². The van der Waals surface area contributed by atoms with Gasteiger partial charge < -0.3 is 14.9 Å². The van der Waals surface area contributed by atoms with E-state index < -0.39 is 0 Å². The fourth-order valence-electron chi connectivity index (χ4n) is 1.06. The van der Waals surface area contributed by atoms with Gasteiger partial charge in [0.25, 0.3) is 0 Å². The summed E-state index contributed by atoms with van der Waals surface area (Å²) in [6.07, 6.45) is 4.10. The molecule has 0 saturated heterocycles. The SMILES string of the molecule is C1=Cc2ccccc2OC1.O=N[O-].[Na+]. The van der Waals surface area contributed by atoms with Crippen LogP contribution in [-0.2, 0) is 0 Å². The number of para-hydroxylation sites is 1. The summed E-state index contributed by atoms with van der Waals surface area (Å²) in [5.41, 5.74) is 1.17. The standard InChI is InChI=1S/C9H8O.HNO2.Na/c1-2-6-9-8(4-1)5-3-7-10-9;2-1-3;/h1-6H,7H2;(H,2,3);/q;;+1/p-1. The van der Waals surface area contributed by atoms with Crippen molar-refractivity contribution in [2.45, 2.75) is 0 Å². The molecular weight excluding hydrogens is 193 g/mol. The Morgan fingerprint density at radius 3 is 2.64 bits per heavy atom. The second-order valence-corrected chi connectivity index (χ2v) is 2.33. The van der Waals surface area contributed by atoms with Gasteiger partial charge in [-0.25, -0.2) is 0 Å². The molecule has 0 amide bonds. The molecule has 0 N–H and O–H groups in total. The third-order valence-corrected chi connectivity index (χ3v) is 1.55. The van der Waals surface area contributed by atoms with Crippen molar-refractivity contribution >= 4 is 6.08 Å². The predicted octanol–water partition coefficient (Wildman–Crippen LogP) is -0.653. The fraction of sp³-hybridized carbons (Fsp3) is 0.111. The van der Waals surface area contributed by atoms with Gasteiger partial charge in [0.2, 0.25) is 0 Å². The van der Waals surface area contributed by atoms with Gasteiger partial charge in [0.1, 0.15) is 12.4 Å². The molecule has 0 atom stereocenters. The molecule has 4 nitrogen and oxygen atoms in total. The first-order valence-electron chi connectivity index (χ1n) is 3.72. The van der Waals surface area contributed by atoms with Crippen molar-refractivity contribution in [1.29, 1.82) is 0 Å². The van der Waals surface area contributed by atoms with Crippen LogP contribution in [0.15, 0.2) is 35.7 Å². The van der Waals surface area contributed by atoms with Crippen molar-refractivity contribution in [2.75, 3.05) is 6.61 Å². The molecule has 0 aromatic heterocycles. The Labute approximate surface area is 104 Å². The summed E-state index contributed by atoms with van der Waals surface area (Å²) in [7, 11) is 0. The second-order valence-electron chi connectivity index (χ2n) is 2.33. The molecule has 1 aliphatic heterocycles. The zero-order valence-corrected chi connectivity index (χ0v) is 9.84. The van der Waals surface area contributed by atoms with E-state index in [0.717, 1.165) is 11.1 Å². The Morgan fingerprint density at radius 2 is 2.00 bits per heavy atom. The summed E-state index contributed by atoms with van der Waals surface area (Å²) in [6.45, 7) is 0.705. The van der Waals surface area contributed by atoms with Crippen molar-refractivity contribution in [3.05, 3.63) is 46.0 Å². The molecule has 0 aliphatic carbocycles. The van der Waals surface area contributed by atoms with Crippen LogP contribution in [0.2, 0.25) is 0 Å². The van der Waals surface area contributed by atoms with Gasteiger partial charge in [0, 0.05) is 5.56 Å². The average Bonchev–Trinajstić information content (AvgIpc) is 2.19. The largest absolute Gasteiger partial charge is 1.00 e. The van der Waals surface area contributed by atoms with Crippen LogP contribution in [0, 0.1) is 10.1 Å². The number of hydrogen-bond acceptors (Lipinski definition) is 4. The Kier molecular flexibility index (Phi) is 7.10. The van der Waals surface area contributed by atoms with Crippen molar-refractivity contribution in [3.63, 3.8) is 0 Å². The number of hydrogen-bond donors (Lipinski definition) is 0. The van der Waals surface area contributed by atoms with Crippen molar-refractivity contribution < 1.29 is 34.3 Å². The van der Waals surface area contributed by atoms with Gasteiger partial charge in [0.05, 0.1) is 0 Å². The second kappa shape index (κ2) is 7.55. The Hall–Kier alpha value is -0.840. The van der Waals surface area contributed by atoms with Crippen LogP contribution in [0.25, 0.3) is 6.08 Å². The fourth-order valence-corrected chi connectivity index (χ4v) is 1.06. The van der Waals surface area contributed by atoms with E-state index in [2.05, 4.69) is 6.08 Å². The molecule has 14 heavy (non-hydrogen) atoms. The van der Waals surface area contributed by atoms with Crippen molar-refractivity contribution in [2.24, 2.45) is 5.34 Å². The molecule has 2 rings (SSSR count). The van der Waals surface area contributed by atoms with E-state index in [1.807, 2.05) is 30.3 Å². The number of benzene rings is 1. The zero-order chi connectivity index (χ0) is 9.52. The summed E-state index contributed by atoms with van der Waals surface area (Å²) in [6, 6.07) is 8.03. The van der Waals surface area contributed by atoms with E-state index in [4.69, 9.17) is 14.9 Å². The third kappa shape index (κ3) is 3.91. The topological polar surface area (TPSA) is 61.7 Å². The maximum absolute atomic E-state index is 8.00. The van der Waals surface area contributed by atoms with Gasteiger partial charge >= 0.3 is 29.6 Å². The van der Waals surface area contributed by atoms with Crippen LogP contribution in [0.1, 0.15) is 5.56 Å². The minimum absolute atomic E-state index is 0. The molecule has 1 heterocycles. The minimum Gasteiger partial charge on any atom is -0.489 e. The summed E-state index contributed by atoms with van der Waals surface area (Å²) < 4.78 is 5.34. The Balaban J connectivity index is 0.000000381. The van der Waals surface area contributed by atoms with Crippen LogP contribution >= 0.6 is 0 Å². The molecule has 1 aliphatic rings. The van der Waals surface area contributed by atoms with Gasteiger partial charge in [-0.3, -0.25) is 0 Å². The average molecular weight is 201 g/mol. The first-order chi connectivity index (χ1) is 6.38. The maximum atomic E-state index is 8.00. The van der Waals surface area contributed by atoms with Crippen LogP contribution in [0.3, 0.4) is 0 Å². The van der Waals surface area contributed by atoms with Gasteiger partial charge in [-0.15, -0.1) is 5.34 Å². The molecule has 0 radical (unpaired) electrons. The maximum Gasteiger partial charge on any atom is 1.00 e. The van der Waals surface area contributed by atoms with Crippen molar-refractivity contribution in [1.82, 2.24) is 0 Å². The molecule has 1 aromatic rings. The smallest absolute Gasteiger partial charge is 0.489 e. The van der Waals surface area contributed by atoms with Crippen LogP contribution in [0.5, 0.6) is 5.75 Å². The van der Waals surface area contributed by atoms with E-state index in [1.165, 1.54) is 5.56 Å². The number of ether oxygens (including phenoxy) is 1. The first kappa shape index (κ1) is 13.2. The van der Waals surface area contributed by atoms with E-state index in [0.29, 0.717) is 6.61 Å². The van der Waals surface area contributed by atoms with Crippen LogP contribution in [0.4, 0.5) is 0 Å². The van der Waals surface area contributed by atoms with E-state index >= 15 is 0 Å². The summed E-state index contributed by atoms with van der Waals surface area (Å²) in [5, 5.41) is 9.00. The molecule has 68 valence electrons. The molecule has 0 fully saturated rings. The number of nitrogens with zero attached hydrogens (tertiary/aromatic N) is 1. The Bertz CT molecular complexity index is 315. The summed E-state index contributed by atoms with van der Waals surface area (Å²) in [4.78, 5) is 8.00. The number of fused-ring (bicyclic) bond motifs is 1. The van der Waals surface area contributed by atoms with Crippen molar-refractivity contribution in [3.8, 4) is 5.75 Å². The monoisotopic (exact) mass is 201 g/mol. The van der Waals surface area contributed by atoms with Crippen LogP contribution < -0.4 is 34.3 Å². The van der Waals surface area contributed by atoms with Gasteiger partial charge in [-0.2, -0.15) is 0 Å². The predicted molar refractivity (Wildman–Crippen MR) is 50.1 cm³/mol. The van der Waals surface area contributed by atoms with Gasteiger partial charge in [-0.1, -0.05) is 24.3 Å². The molecule has 0 unspecified atom stereocenters. The molecule has 0 bridgehead atoms. The number of rotatable bonds is 0. The first-order valence-corrected chi connectivity index (χ1v) is 3.72.